The number of hydrogen-bond donors (Lipinski definition) is 4. The van der Waals surface area contributed by atoms with Crippen LogP contribution in [0.25, 0.3) is 0 Å². The first kappa shape index (κ1) is 15.7. The van der Waals surface area contributed by atoms with Crippen LogP contribution in [0.3, 0.4) is 0 Å². The molecule has 7 heteroatoms. The Hall–Kier alpha value is 1.24. The second-order valence-electron chi connectivity index (χ2n) is 0.600. The van der Waals surface area contributed by atoms with Crippen LogP contribution in [0, 0.1) is 0 Å². The summed E-state index contributed by atoms with van der Waals surface area (Å²) in [5.74, 6) is 0. The van der Waals surface area contributed by atoms with E-state index < -0.39 is 9.05 Å². The summed E-state index contributed by atoms with van der Waals surface area (Å²) in [4.78, 5) is 29.3. The molecule has 0 rings (SSSR count). The van der Waals surface area contributed by atoms with E-state index in [0.717, 1.165) is 0 Å². The quantitative estimate of drug-likeness (QED) is 0.365. The zero-order valence-electron chi connectivity index (χ0n) is 3.01. The minimum atomic E-state index is -4.61. The van der Waals surface area contributed by atoms with Gasteiger partial charge in [-0.2, -0.15) is 0 Å². The van der Waals surface area contributed by atoms with E-state index in [1.54, 1.807) is 0 Å². The Bertz CT molecular complexity index is 27.2. The smallest absolute Gasteiger partial charge is 0.368 e. The van der Waals surface area contributed by atoms with Crippen LogP contribution in [0.15, 0.2) is 0 Å². The van der Waals surface area contributed by atoms with Crippen LogP contribution in [0.5, 0.6) is 0 Å². The van der Waals surface area contributed by atoms with Crippen LogP contribution in [0.1, 0.15) is 0 Å². The van der Waals surface area contributed by atoms with Gasteiger partial charge in [-0.1, -0.05) is 0 Å². The van der Waals surface area contributed by atoms with Crippen LogP contribution in [0.4, 0.5) is 0 Å². The fourth-order valence-corrected chi connectivity index (χ4v) is 0. The molecule has 0 heterocycles. The predicted molar refractivity (Wildman–Crippen MR) is 14.6 cm³/mol. The molecule has 0 spiro atoms. The molecular formula is H4NiO4SiW. The molecule has 0 amide bonds. The summed E-state index contributed by atoms with van der Waals surface area (Å²) in [5.41, 5.74) is 0. The molecule has 7 heavy (non-hydrogen) atoms. The second-order valence-corrected chi connectivity index (χ2v) is 1.80. The van der Waals surface area contributed by atoms with Gasteiger partial charge in [0.25, 0.3) is 0 Å². The maximum absolute atomic E-state index is 7.33. The fraction of sp³-hybridized carbons (Fsp3) is 0. The molecule has 0 fully saturated rings. The summed E-state index contributed by atoms with van der Waals surface area (Å²) in [5, 5.41) is 0. The van der Waals surface area contributed by atoms with E-state index in [0.29, 0.717) is 0 Å². The molecule has 0 aliphatic rings. The molecule has 48 valence electrons. The Morgan fingerprint density at radius 3 is 0.857 bits per heavy atom. The average molecular weight is 339 g/mol. The number of rotatable bonds is 0. The van der Waals surface area contributed by atoms with Gasteiger partial charge in [-0.3, -0.25) is 0 Å². The largest absolute Gasteiger partial charge is 0.668 e. The van der Waals surface area contributed by atoms with Gasteiger partial charge in [0.1, 0.15) is 0 Å². The monoisotopic (exact) mass is 338 g/mol. The molecule has 0 aliphatic carbocycles. The maximum atomic E-state index is 7.33. The molecule has 0 unspecified atom stereocenters. The Kier molecular flexibility index (Phi) is 12.1. The van der Waals surface area contributed by atoms with Crippen LogP contribution in [-0.4, -0.2) is 28.2 Å². The number of hydrogen-bond acceptors (Lipinski definition) is 4. The van der Waals surface area contributed by atoms with E-state index in [-0.39, 0.29) is 37.6 Å². The first-order valence-corrected chi connectivity index (χ1v) is 2.68. The normalized spacial score (nSPS) is 8.57. The van der Waals surface area contributed by atoms with E-state index in [1.165, 1.54) is 0 Å². The van der Waals surface area contributed by atoms with Gasteiger partial charge in [-0.25, -0.2) is 0 Å². The molecule has 0 atom stereocenters. The van der Waals surface area contributed by atoms with Crippen molar-refractivity contribution < 1.29 is 56.7 Å². The minimum Gasteiger partial charge on any atom is -0.368 e. The Labute approximate surface area is 65.9 Å². The molecule has 0 radical (unpaired) electrons. The molecule has 0 aromatic rings. The molecule has 4 nitrogen and oxygen atoms in total. The third kappa shape index (κ3) is 129. The van der Waals surface area contributed by atoms with Gasteiger partial charge < -0.3 is 19.2 Å². The first-order valence-electron chi connectivity index (χ1n) is 0.894. The van der Waals surface area contributed by atoms with Gasteiger partial charge >= 0.3 is 9.05 Å². The van der Waals surface area contributed by atoms with Crippen molar-refractivity contribution in [3.05, 3.63) is 0 Å². The standard InChI is InChI=1S/Ni.H4O4Si.W/c;1-5(2,3)4;/h;1-4H;. The van der Waals surface area contributed by atoms with Gasteiger partial charge in [0.2, 0.25) is 0 Å². The minimum absolute atomic E-state index is 0. The van der Waals surface area contributed by atoms with Crippen molar-refractivity contribution in [2.75, 3.05) is 0 Å². The van der Waals surface area contributed by atoms with E-state index >= 15 is 0 Å². The summed E-state index contributed by atoms with van der Waals surface area (Å²) in [6.45, 7) is 0. The van der Waals surface area contributed by atoms with Gasteiger partial charge in [0, 0.05) is 37.6 Å². The van der Waals surface area contributed by atoms with Crippen molar-refractivity contribution in [3.8, 4) is 0 Å². The van der Waals surface area contributed by atoms with E-state index in [9.17, 15) is 0 Å². The zero-order chi connectivity index (χ0) is 4.50. The predicted octanol–water partition coefficient (Wildman–Crippen LogP) is -2.61. The SMILES string of the molecule is O[Si](O)(O)O.[Ni].[W]. The van der Waals surface area contributed by atoms with Crippen molar-refractivity contribution in [1.29, 1.82) is 0 Å². The third-order valence-corrected chi connectivity index (χ3v) is 0. The van der Waals surface area contributed by atoms with Gasteiger partial charge in [0.15, 0.2) is 0 Å². The summed E-state index contributed by atoms with van der Waals surface area (Å²) in [7, 11) is -4.61. The van der Waals surface area contributed by atoms with Gasteiger partial charge in [-0.05, 0) is 0 Å². The van der Waals surface area contributed by atoms with Crippen molar-refractivity contribution >= 4 is 9.05 Å². The molecule has 0 saturated heterocycles. The zero-order valence-corrected chi connectivity index (χ0v) is 7.93. The second kappa shape index (κ2) is 5.38. The summed E-state index contributed by atoms with van der Waals surface area (Å²) in [6, 6.07) is 0. The van der Waals surface area contributed by atoms with Crippen LogP contribution in [0.2, 0.25) is 0 Å². The fourth-order valence-electron chi connectivity index (χ4n) is 0. The van der Waals surface area contributed by atoms with E-state index in [4.69, 9.17) is 19.2 Å². The topological polar surface area (TPSA) is 80.9 Å². The Morgan fingerprint density at radius 2 is 0.857 bits per heavy atom. The molecule has 0 aliphatic heterocycles. The molecule has 0 aromatic carbocycles. The van der Waals surface area contributed by atoms with Crippen molar-refractivity contribution in [2.24, 2.45) is 0 Å². The average Bonchev–Trinajstić information content (AvgIpc) is 0.722. The van der Waals surface area contributed by atoms with Gasteiger partial charge in [0.05, 0.1) is 0 Å². The van der Waals surface area contributed by atoms with Crippen LogP contribution >= 0.6 is 0 Å². The summed E-state index contributed by atoms with van der Waals surface area (Å²) >= 11 is 0. The Balaban J connectivity index is -0.0000000800. The maximum Gasteiger partial charge on any atom is 0.668 e. The third-order valence-electron chi connectivity index (χ3n) is 0. The van der Waals surface area contributed by atoms with Crippen molar-refractivity contribution in [1.82, 2.24) is 0 Å². The molecule has 4 N–H and O–H groups in total. The molecule has 0 aromatic heterocycles. The van der Waals surface area contributed by atoms with Crippen molar-refractivity contribution in [2.45, 2.75) is 0 Å². The molecule has 0 bridgehead atoms. The summed E-state index contributed by atoms with van der Waals surface area (Å²) in [6.07, 6.45) is 0. The van der Waals surface area contributed by atoms with E-state index in [2.05, 4.69) is 0 Å². The van der Waals surface area contributed by atoms with Crippen LogP contribution < -0.4 is 0 Å². The summed E-state index contributed by atoms with van der Waals surface area (Å²) < 4.78 is 0. The van der Waals surface area contributed by atoms with Crippen molar-refractivity contribution in [3.63, 3.8) is 0 Å². The molecule has 0 saturated carbocycles. The van der Waals surface area contributed by atoms with Crippen LogP contribution in [-0.2, 0) is 37.6 Å². The molecular weight excluding hydrogens is 335 g/mol. The van der Waals surface area contributed by atoms with E-state index in [1.807, 2.05) is 0 Å². The first-order chi connectivity index (χ1) is 2.00. The van der Waals surface area contributed by atoms with Gasteiger partial charge in [-0.15, -0.1) is 0 Å². The Morgan fingerprint density at radius 1 is 0.857 bits per heavy atom.